The van der Waals surface area contributed by atoms with Gasteiger partial charge in [0.15, 0.2) is 5.41 Å². The standard InChI is InChI=1S/C12H11ClF3NO3S/c1-6-4-21-8(7(6)13)9(18)17-3-2-11(5-17,10(19)20)12(14,15)16/h4H,2-3,5H2,1H3,(H,19,20). The molecule has 4 nitrogen and oxygen atoms in total. The molecule has 0 aliphatic carbocycles. The van der Waals surface area contributed by atoms with E-state index in [9.17, 15) is 22.8 Å². The highest BCUT2D eigenvalue weighted by atomic mass is 35.5. The van der Waals surface area contributed by atoms with Gasteiger partial charge in [0.2, 0.25) is 0 Å². The first kappa shape index (κ1) is 16.1. The number of carboxylic acid groups (broad SMARTS) is 1. The number of amides is 1. The van der Waals surface area contributed by atoms with Crippen molar-refractivity contribution in [3.05, 3.63) is 20.8 Å². The Kier molecular flexibility index (Phi) is 3.96. The number of aliphatic carboxylic acids is 1. The minimum absolute atomic E-state index is 0.137. The average molecular weight is 342 g/mol. The van der Waals surface area contributed by atoms with Crippen molar-refractivity contribution in [1.29, 1.82) is 0 Å². The van der Waals surface area contributed by atoms with Crippen LogP contribution in [0.4, 0.5) is 13.2 Å². The third kappa shape index (κ3) is 2.50. The van der Waals surface area contributed by atoms with Gasteiger partial charge < -0.3 is 10.0 Å². The lowest BCUT2D eigenvalue weighted by atomic mass is 9.86. The van der Waals surface area contributed by atoms with Gasteiger partial charge in [0.05, 0.1) is 5.02 Å². The first-order chi connectivity index (χ1) is 9.60. The molecule has 1 amide bonds. The molecule has 0 saturated carbocycles. The zero-order valence-corrected chi connectivity index (χ0v) is 12.4. The Labute approximate surface area is 127 Å². The summed E-state index contributed by atoms with van der Waals surface area (Å²) < 4.78 is 39.1. The fourth-order valence-electron chi connectivity index (χ4n) is 2.23. The molecule has 1 aromatic rings. The van der Waals surface area contributed by atoms with Gasteiger partial charge in [-0.1, -0.05) is 11.6 Å². The van der Waals surface area contributed by atoms with E-state index in [1.807, 2.05) is 0 Å². The molecular weight excluding hydrogens is 331 g/mol. The van der Waals surface area contributed by atoms with E-state index in [1.54, 1.807) is 12.3 Å². The normalized spacial score (nSPS) is 22.6. The minimum atomic E-state index is -4.91. The Hall–Kier alpha value is -1.28. The first-order valence-corrected chi connectivity index (χ1v) is 7.19. The molecule has 1 aromatic heterocycles. The van der Waals surface area contributed by atoms with E-state index in [2.05, 4.69) is 0 Å². The minimum Gasteiger partial charge on any atom is -0.481 e. The van der Waals surface area contributed by atoms with Crippen LogP contribution in [0.25, 0.3) is 0 Å². The van der Waals surface area contributed by atoms with Gasteiger partial charge in [0.1, 0.15) is 4.88 Å². The summed E-state index contributed by atoms with van der Waals surface area (Å²) in [7, 11) is 0. The highest BCUT2D eigenvalue weighted by molar-refractivity contribution is 7.13. The Balaban J connectivity index is 2.28. The van der Waals surface area contributed by atoms with E-state index in [1.165, 1.54) is 0 Å². The lowest BCUT2D eigenvalue weighted by molar-refractivity contribution is -0.227. The third-order valence-corrected chi connectivity index (χ3v) is 5.29. The van der Waals surface area contributed by atoms with Gasteiger partial charge >= 0.3 is 12.1 Å². The number of hydrogen-bond acceptors (Lipinski definition) is 3. The van der Waals surface area contributed by atoms with Crippen molar-refractivity contribution >= 4 is 34.8 Å². The van der Waals surface area contributed by atoms with E-state index in [0.717, 1.165) is 16.2 Å². The highest BCUT2D eigenvalue weighted by Crippen LogP contribution is 2.46. The number of aryl methyl sites for hydroxylation is 1. The van der Waals surface area contributed by atoms with E-state index in [-0.39, 0.29) is 16.4 Å². The monoisotopic (exact) mass is 341 g/mol. The highest BCUT2D eigenvalue weighted by Gasteiger charge is 2.64. The van der Waals surface area contributed by atoms with Crippen molar-refractivity contribution in [2.24, 2.45) is 5.41 Å². The molecule has 0 bridgehead atoms. The summed E-state index contributed by atoms with van der Waals surface area (Å²) in [5, 5.41) is 10.8. The number of rotatable bonds is 2. The Morgan fingerprint density at radius 2 is 2.10 bits per heavy atom. The van der Waals surface area contributed by atoms with Crippen molar-refractivity contribution in [1.82, 2.24) is 4.90 Å². The predicted molar refractivity (Wildman–Crippen MR) is 70.7 cm³/mol. The molecule has 0 spiro atoms. The maximum atomic E-state index is 13.0. The summed E-state index contributed by atoms with van der Waals surface area (Å²) in [5.41, 5.74) is -2.24. The quantitative estimate of drug-likeness (QED) is 0.898. The second-order valence-corrected chi connectivity index (χ2v) is 6.18. The van der Waals surface area contributed by atoms with Gasteiger partial charge in [-0.3, -0.25) is 9.59 Å². The number of thiophene rings is 1. The average Bonchev–Trinajstić information content (AvgIpc) is 2.95. The van der Waals surface area contributed by atoms with Crippen molar-refractivity contribution in [3.8, 4) is 0 Å². The molecule has 1 saturated heterocycles. The number of likely N-dealkylation sites (tertiary alicyclic amines) is 1. The number of hydrogen-bond donors (Lipinski definition) is 1. The Morgan fingerprint density at radius 1 is 1.48 bits per heavy atom. The summed E-state index contributed by atoms with van der Waals surface area (Å²) in [5.74, 6) is -2.62. The zero-order chi connectivity index (χ0) is 16.0. The van der Waals surface area contributed by atoms with Crippen LogP contribution < -0.4 is 0 Å². The molecule has 0 radical (unpaired) electrons. The van der Waals surface area contributed by atoms with E-state index in [0.29, 0.717) is 5.56 Å². The van der Waals surface area contributed by atoms with Gasteiger partial charge in [-0.2, -0.15) is 13.2 Å². The number of halogens is 4. The van der Waals surface area contributed by atoms with Gasteiger partial charge in [-0.25, -0.2) is 0 Å². The number of carbonyl (C=O) groups excluding carboxylic acids is 1. The first-order valence-electron chi connectivity index (χ1n) is 5.93. The van der Waals surface area contributed by atoms with Gasteiger partial charge in [-0.15, -0.1) is 11.3 Å². The molecular formula is C12H11ClF3NO3S. The molecule has 1 aliphatic heterocycles. The summed E-state index contributed by atoms with van der Waals surface area (Å²) in [6.07, 6.45) is -5.57. The molecule has 116 valence electrons. The third-order valence-electron chi connectivity index (χ3n) is 3.60. The fourth-order valence-corrected chi connectivity index (χ4v) is 3.47. The second-order valence-electron chi connectivity index (χ2n) is 4.92. The summed E-state index contributed by atoms with van der Waals surface area (Å²) in [6, 6.07) is 0. The number of alkyl halides is 3. The van der Waals surface area contributed by atoms with E-state index in [4.69, 9.17) is 16.7 Å². The topological polar surface area (TPSA) is 57.6 Å². The van der Waals surface area contributed by atoms with Crippen LogP contribution in [0.2, 0.25) is 5.02 Å². The largest absolute Gasteiger partial charge is 0.481 e. The van der Waals surface area contributed by atoms with E-state index >= 15 is 0 Å². The summed E-state index contributed by atoms with van der Waals surface area (Å²) in [4.78, 5) is 24.3. The van der Waals surface area contributed by atoms with Gasteiger partial charge in [0.25, 0.3) is 5.91 Å². The van der Waals surface area contributed by atoms with Crippen molar-refractivity contribution in [2.75, 3.05) is 13.1 Å². The van der Waals surface area contributed by atoms with Crippen molar-refractivity contribution in [2.45, 2.75) is 19.5 Å². The molecule has 2 rings (SSSR count). The number of carbonyl (C=O) groups is 2. The predicted octanol–water partition coefficient (Wildman–Crippen LogP) is 3.19. The van der Waals surface area contributed by atoms with E-state index < -0.39 is 36.4 Å². The molecule has 1 atom stereocenters. The van der Waals surface area contributed by atoms with Gasteiger partial charge in [0, 0.05) is 13.1 Å². The molecule has 1 N–H and O–H groups in total. The maximum absolute atomic E-state index is 13.0. The lowest BCUT2D eigenvalue weighted by Gasteiger charge is -2.27. The van der Waals surface area contributed by atoms with Crippen LogP contribution in [0.5, 0.6) is 0 Å². The molecule has 1 aliphatic rings. The number of carboxylic acids is 1. The summed E-state index contributed by atoms with van der Waals surface area (Å²) in [6.45, 7) is 0.521. The second kappa shape index (κ2) is 5.17. The maximum Gasteiger partial charge on any atom is 0.406 e. The number of nitrogens with zero attached hydrogens (tertiary/aromatic N) is 1. The van der Waals surface area contributed by atoms with Crippen LogP contribution in [0.1, 0.15) is 21.7 Å². The van der Waals surface area contributed by atoms with Crippen LogP contribution in [-0.4, -0.2) is 41.1 Å². The molecule has 21 heavy (non-hydrogen) atoms. The van der Waals surface area contributed by atoms with Crippen LogP contribution in [0.3, 0.4) is 0 Å². The zero-order valence-electron chi connectivity index (χ0n) is 10.8. The van der Waals surface area contributed by atoms with Crippen LogP contribution in [0.15, 0.2) is 5.38 Å². The molecule has 2 heterocycles. The lowest BCUT2D eigenvalue weighted by Crippen LogP contribution is -2.47. The van der Waals surface area contributed by atoms with Gasteiger partial charge in [-0.05, 0) is 24.3 Å². The summed E-state index contributed by atoms with van der Waals surface area (Å²) >= 11 is 6.97. The van der Waals surface area contributed by atoms with Crippen LogP contribution >= 0.6 is 22.9 Å². The SMILES string of the molecule is Cc1csc(C(=O)N2CCC(C(=O)O)(C(F)(F)F)C2)c1Cl. The Morgan fingerprint density at radius 3 is 2.48 bits per heavy atom. The fraction of sp³-hybridized carbons (Fsp3) is 0.500. The van der Waals surface area contributed by atoms with Crippen LogP contribution in [0, 0.1) is 12.3 Å². The molecule has 0 aromatic carbocycles. The molecule has 1 unspecified atom stereocenters. The smallest absolute Gasteiger partial charge is 0.406 e. The van der Waals surface area contributed by atoms with Crippen LogP contribution in [-0.2, 0) is 4.79 Å². The molecule has 9 heteroatoms. The molecule has 1 fully saturated rings. The van der Waals surface area contributed by atoms with Crippen molar-refractivity contribution in [3.63, 3.8) is 0 Å². The van der Waals surface area contributed by atoms with Crippen molar-refractivity contribution < 1.29 is 27.9 Å². The Bertz CT molecular complexity index is 601.